The molecule has 9 heteroatoms. The number of aliphatic hydroxyl groups excluding tert-OH is 1. The quantitative estimate of drug-likeness (QED) is 0.199. The van der Waals surface area contributed by atoms with Crippen molar-refractivity contribution < 1.29 is 19.4 Å². The van der Waals surface area contributed by atoms with Crippen molar-refractivity contribution in [3.05, 3.63) is 93.0 Å². The molecule has 274 valence electrons. The molecule has 3 N–H and O–H groups in total. The van der Waals surface area contributed by atoms with Gasteiger partial charge in [-0.3, -0.25) is 9.59 Å². The molecule has 2 aromatic heterocycles. The first-order chi connectivity index (χ1) is 24.6. The fraction of sp³-hybridized carbons (Fsp3) is 0.595. The zero-order valence-corrected chi connectivity index (χ0v) is 30.7. The Morgan fingerprint density at radius 1 is 1.02 bits per heavy atom. The zero-order valence-electron chi connectivity index (χ0n) is 30.7. The summed E-state index contributed by atoms with van der Waals surface area (Å²) in [6, 6.07) is 13.4. The molecule has 1 spiro atoms. The van der Waals surface area contributed by atoms with Crippen LogP contribution in [0.1, 0.15) is 142 Å². The largest absolute Gasteiger partial charge is 0.471 e. The van der Waals surface area contributed by atoms with Gasteiger partial charge in [0.05, 0.1) is 23.8 Å². The van der Waals surface area contributed by atoms with E-state index < -0.39 is 12.1 Å². The summed E-state index contributed by atoms with van der Waals surface area (Å²) >= 11 is 0. The highest BCUT2D eigenvalue weighted by atomic mass is 16.5. The molecule has 9 nitrogen and oxygen atoms in total. The van der Waals surface area contributed by atoms with Gasteiger partial charge >= 0.3 is 0 Å². The molecule has 2 aliphatic heterocycles. The van der Waals surface area contributed by atoms with Crippen molar-refractivity contribution in [2.45, 2.75) is 140 Å². The molecule has 2 saturated carbocycles. The molecule has 51 heavy (non-hydrogen) atoms. The molecule has 4 heterocycles. The molecule has 0 bridgehead atoms. The van der Waals surface area contributed by atoms with Crippen LogP contribution in [0.3, 0.4) is 0 Å². The third kappa shape index (κ3) is 8.42. The highest BCUT2D eigenvalue weighted by molar-refractivity contribution is 5.94. The normalized spacial score (nSPS) is 22.8. The summed E-state index contributed by atoms with van der Waals surface area (Å²) in [4.78, 5) is 32.8. The number of aliphatic hydroxyl groups is 1. The second-order valence-corrected chi connectivity index (χ2v) is 16.8. The summed E-state index contributed by atoms with van der Waals surface area (Å²) in [7, 11) is 0. The lowest BCUT2D eigenvalue weighted by molar-refractivity contribution is -0.0421. The van der Waals surface area contributed by atoms with Crippen molar-refractivity contribution in [3.63, 3.8) is 0 Å². The number of nitrogens with one attached hydrogen (secondary N) is 2. The Bertz CT molecular complexity index is 1720. The van der Waals surface area contributed by atoms with Gasteiger partial charge in [0.25, 0.3) is 11.5 Å². The number of nitrogens with zero attached hydrogens (tertiary/aromatic N) is 2. The third-order valence-corrected chi connectivity index (χ3v) is 11.4. The smallest absolute Gasteiger partial charge is 0.256 e. The Kier molecular flexibility index (Phi) is 10.7. The number of carbonyl (C=O) groups excluding carboxylic acids is 1. The summed E-state index contributed by atoms with van der Waals surface area (Å²) in [5.74, 6) is 0.398. The molecular weight excluding hydrogens is 640 g/mol. The lowest BCUT2D eigenvalue weighted by Gasteiger charge is -2.47. The molecular formula is C42H56N4O5. The van der Waals surface area contributed by atoms with E-state index in [2.05, 4.69) is 37.5 Å². The summed E-state index contributed by atoms with van der Waals surface area (Å²) in [6.07, 6.45) is 14.6. The number of ether oxygens (including phenoxy) is 2. The van der Waals surface area contributed by atoms with Gasteiger partial charge in [-0.05, 0) is 92.9 Å². The van der Waals surface area contributed by atoms with Gasteiger partial charge in [0.1, 0.15) is 5.60 Å². The fourth-order valence-electron chi connectivity index (χ4n) is 8.57. The summed E-state index contributed by atoms with van der Waals surface area (Å²) in [5.41, 5.74) is 4.10. The van der Waals surface area contributed by atoms with Gasteiger partial charge in [0.2, 0.25) is 5.88 Å². The second-order valence-electron chi connectivity index (χ2n) is 16.8. The van der Waals surface area contributed by atoms with E-state index in [1.54, 1.807) is 16.8 Å². The van der Waals surface area contributed by atoms with Crippen LogP contribution in [0.5, 0.6) is 5.88 Å². The van der Waals surface area contributed by atoms with Crippen molar-refractivity contribution in [1.82, 2.24) is 20.2 Å². The van der Waals surface area contributed by atoms with Gasteiger partial charge < -0.3 is 29.8 Å². The first-order valence-electron chi connectivity index (χ1n) is 19.4. The minimum Gasteiger partial charge on any atom is -0.471 e. The van der Waals surface area contributed by atoms with Crippen LogP contribution in [0.2, 0.25) is 0 Å². The summed E-state index contributed by atoms with van der Waals surface area (Å²) in [6.45, 7) is 7.59. The van der Waals surface area contributed by atoms with Crippen molar-refractivity contribution >= 4 is 5.91 Å². The van der Waals surface area contributed by atoms with E-state index in [9.17, 15) is 14.7 Å². The molecule has 4 atom stereocenters. The first-order valence-corrected chi connectivity index (χ1v) is 19.4. The van der Waals surface area contributed by atoms with Crippen molar-refractivity contribution in [3.8, 4) is 5.88 Å². The molecule has 1 unspecified atom stereocenters. The van der Waals surface area contributed by atoms with Crippen LogP contribution in [-0.4, -0.2) is 51.5 Å². The van der Waals surface area contributed by atoms with E-state index in [4.69, 9.17) is 14.5 Å². The number of aromatic nitrogens is 2. The van der Waals surface area contributed by atoms with E-state index in [1.165, 1.54) is 5.56 Å². The maximum atomic E-state index is 14.2. The van der Waals surface area contributed by atoms with E-state index >= 15 is 0 Å². The lowest BCUT2D eigenvalue weighted by atomic mass is 9.73. The van der Waals surface area contributed by atoms with Crippen molar-refractivity contribution in [2.75, 3.05) is 13.2 Å². The average molecular weight is 697 g/mol. The topological polar surface area (TPSA) is 115 Å². The number of carbonyl (C=O) groups is 1. The van der Waals surface area contributed by atoms with Crippen molar-refractivity contribution in [1.29, 1.82) is 0 Å². The number of benzene rings is 1. The van der Waals surface area contributed by atoms with Gasteiger partial charge in [-0.15, -0.1) is 0 Å². The number of hydrogen-bond acceptors (Lipinski definition) is 7. The van der Waals surface area contributed by atoms with Crippen LogP contribution in [0.4, 0.5) is 0 Å². The maximum Gasteiger partial charge on any atom is 0.256 e. The van der Waals surface area contributed by atoms with Crippen LogP contribution in [0.25, 0.3) is 0 Å². The minimum absolute atomic E-state index is 0.0304. The zero-order chi connectivity index (χ0) is 35.6. The second kappa shape index (κ2) is 15.2. The van der Waals surface area contributed by atoms with E-state index in [1.807, 2.05) is 36.5 Å². The van der Waals surface area contributed by atoms with Gasteiger partial charge in [-0.2, -0.15) is 0 Å². The van der Waals surface area contributed by atoms with E-state index in [0.29, 0.717) is 30.0 Å². The highest BCUT2D eigenvalue weighted by Gasteiger charge is 2.46. The number of amides is 1. The van der Waals surface area contributed by atoms with Crippen LogP contribution >= 0.6 is 0 Å². The Balaban J connectivity index is 1.13. The molecule has 1 amide bonds. The molecule has 0 radical (unpaired) electrons. The summed E-state index contributed by atoms with van der Waals surface area (Å²) in [5, 5.41) is 18.8. The Morgan fingerprint density at radius 2 is 1.78 bits per heavy atom. The molecule has 7 rings (SSSR count). The molecule has 1 saturated heterocycles. The number of fused-ring (bicyclic) bond motifs is 1. The average Bonchev–Trinajstić information content (AvgIpc) is 3.65. The highest BCUT2D eigenvalue weighted by Crippen LogP contribution is 2.48. The molecule has 2 aliphatic carbocycles. The SMILES string of the molecule is CC(C)(C)Cc1cnc2c(c1)[C@@H](NC[C@H](O)[C@H](Cc1ccccc1)NC(=O)c1cc(C3CCCCO3)c(=O)n(C3CCCC3)c1)CC1(CCC1)O2. The summed E-state index contributed by atoms with van der Waals surface area (Å²) < 4.78 is 14.4. The van der Waals surface area contributed by atoms with E-state index in [0.717, 1.165) is 88.2 Å². The molecule has 3 aromatic rings. The van der Waals surface area contributed by atoms with Crippen LogP contribution in [0.15, 0.2) is 59.7 Å². The Hall–Kier alpha value is -3.53. The number of rotatable bonds is 11. The predicted molar refractivity (Wildman–Crippen MR) is 198 cm³/mol. The lowest BCUT2D eigenvalue weighted by Crippen LogP contribution is -2.52. The molecule has 4 aliphatic rings. The predicted octanol–water partition coefficient (Wildman–Crippen LogP) is 6.93. The van der Waals surface area contributed by atoms with Gasteiger partial charge in [0.15, 0.2) is 0 Å². The van der Waals surface area contributed by atoms with Crippen LogP contribution in [-0.2, 0) is 17.6 Å². The maximum absolute atomic E-state index is 14.2. The molecule has 3 fully saturated rings. The number of hydrogen-bond donors (Lipinski definition) is 3. The van der Waals surface area contributed by atoms with Crippen LogP contribution in [0, 0.1) is 5.41 Å². The van der Waals surface area contributed by atoms with Gasteiger partial charge in [-0.25, -0.2) is 4.98 Å². The van der Waals surface area contributed by atoms with Crippen LogP contribution < -0.4 is 20.9 Å². The first kappa shape index (κ1) is 35.9. The van der Waals surface area contributed by atoms with Gasteiger partial charge in [0, 0.05) is 55.2 Å². The standard InChI is InChI=1S/C42H56N4O5/c1-41(2,3)23-29-20-32-35(24-42(17-11-18-42)51-39(32)44-25-29)43-26-36(47)34(21-28-12-5-4-6-13-28)45-38(48)30-22-33(37-16-9-10-19-50-37)40(49)46(27-30)31-14-7-8-15-31/h4-6,12-13,20,22,25,27,31,34-37,43,47H,7-11,14-19,21,23-24,26H2,1-3H3,(H,45,48)/t34-,35-,36-,37?/m0/s1. The monoisotopic (exact) mass is 696 g/mol. The Morgan fingerprint density at radius 3 is 2.47 bits per heavy atom. The molecule has 1 aromatic carbocycles. The van der Waals surface area contributed by atoms with Crippen molar-refractivity contribution in [2.24, 2.45) is 5.41 Å². The van der Waals surface area contributed by atoms with Gasteiger partial charge in [-0.1, -0.05) is 63.9 Å². The fourth-order valence-corrected chi connectivity index (χ4v) is 8.57. The Labute approximate surface area is 302 Å². The number of pyridine rings is 2. The van der Waals surface area contributed by atoms with E-state index in [-0.39, 0.29) is 47.2 Å². The minimum atomic E-state index is -0.884. The third-order valence-electron chi connectivity index (χ3n) is 11.4.